The largest absolute Gasteiger partial charge is 0.387 e. The maximum absolute atomic E-state index is 9.92. The number of esters is 2. The second-order valence-electron chi connectivity index (χ2n) is 1.07. The van der Waals surface area contributed by atoms with Gasteiger partial charge in [0.1, 0.15) is 0 Å². The van der Waals surface area contributed by atoms with Crippen LogP contribution in [0.15, 0.2) is 12.2 Å². The third-order valence-corrected chi connectivity index (χ3v) is 0.557. The molecular formula is C10H2O9W. The third kappa shape index (κ3) is 76.4. The van der Waals surface area contributed by atoms with Gasteiger partial charge in [0.05, 0.1) is 0 Å². The van der Waals surface area contributed by atoms with Crippen molar-refractivity contribution in [3.63, 3.8) is 0 Å². The summed E-state index contributed by atoms with van der Waals surface area (Å²) in [5.74, 6) is -1.16. The van der Waals surface area contributed by atoms with Gasteiger partial charge in [-0.2, -0.15) is 0 Å². The maximum atomic E-state index is 9.92. The van der Waals surface area contributed by atoms with Crippen molar-refractivity contribution in [2.75, 3.05) is 0 Å². The van der Waals surface area contributed by atoms with Gasteiger partial charge >= 0.3 is 11.9 Å². The van der Waals surface area contributed by atoms with Crippen LogP contribution in [-0.4, -0.2) is 52.7 Å². The fourth-order valence-corrected chi connectivity index (χ4v) is 0.303. The molecule has 0 saturated carbocycles. The van der Waals surface area contributed by atoms with Crippen LogP contribution in [0, 0.1) is 0 Å². The van der Waals surface area contributed by atoms with Crippen LogP contribution < -0.4 is 0 Å². The monoisotopic (exact) mass is 450 g/mol. The van der Waals surface area contributed by atoms with Crippen LogP contribution >= 0.6 is 0 Å². The number of cyclic esters (lactones) is 2. The van der Waals surface area contributed by atoms with Gasteiger partial charge in [0.2, 0.25) is 0 Å². The van der Waals surface area contributed by atoms with Crippen molar-refractivity contribution in [1.82, 2.24) is 0 Å². The van der Waals surface area contributed by atoms with Crippen LogP contribution in [0.1, 0.15) is 0 Å². The first-order valence-corrected chi connectivity index (χ1v) is 2.95. The minimum absolute atomic E-state index is 0. The third-order valence-electron chi connectivity index (χ3n) is 0.557. The van der Waals surface area contributed by atoms with Crippen molar-refractivity contribution < 1.29 is 64.2 Å². The van der Waals surface area contributed by atoms with Gasteiger partial charge < -0.3 is 4.74 Å². The van der Waals surface area contributed by atoms with Gasteiger partial charge in [-0.05, 0) is 0 Å². The molecule has 1 rings (SSSR count). The van der Waals surface area contributed by atoms with Gasteiger partial charge in [-0.25, -0.2) is 9.59 Å². The first kappa shape index (κ1) is 43.2. The smallest absolute Gasteiger partial charge is 0.338 e. The minimum Gasteiger partial charge on any atom is -0.387 e. The summed E-state index contributed by atoms with van der Waals surface area (Å²) in [5.41, 5.74) is 0. The van der Waals surface area contributed by atoms with Crippen molar-refractivity contribution >= 4 is 52.7 Å². The van der Waals surface area contributed by atoms with E-state index < -0.39 is 11.9 Å². The summed E-state index contributed by atoms with van der Waals surface area (Å²) in [6.45, 7) is 27.0. The van der Waals surface area contributed by atoms with E-state index in [0.29, 0.717) is 0 Å². The molecule has 12 radical (unpaired) electrons. The summed E-state index contributed by atoms with van der Waals surface area (Å²) in [4.78, 5) is 64.8. The van der Waals surface area contributed by atoms with Gasteiger partial charge in [-0.1, -0.05) is 0 Å². The summed E-state index contributed by atoms with van der Waals surface area (Å²) in [5, 5.41) is 0. The second-order valence-corrected chi connectivity index (χ2v) is 1.07. The number of carbonyl (C=O) groups excluding carboxylic acids is 8. The Morgan fingerprint density at radius 3 is 0.750 bits per heavy atom. The van der Waals surface area contributed by atoms with E-state index in [2.05, 4.69) is 45.5 Å². The molecule has 0 atom stereocenters. The average Bonchev–Trinajstić information content (AvgIpc) is 2.94. The predicted molar refractivity (Wildman–Crippen MR) is 54.4 cm³/mol. The Labute approximate surface area is 129 Å². The fourth-order valence-electron chi connectivity index (χ4n) is 0.303. The molecule has 0 aromatic heterocycles. The van der Waals surface area contributed by atoms with E-state index in [1.54, 1.807) is 0 Å². The van der Waals surface area contributed by atoms with Crippen LogP contribution in [-0.2, 0) is 64.2 Å². The van der Waals surface area contributed by atoms with Gasteiger partial charge in [-0.3, -0.25) is 28.8 Å². The van der Waals surface area contributed by atoms with E-state index in [1.165, 1.54) is 0 Å². The first-order valence-electron chi connectivity index (χ1n) is 2.95. The number of hydrogen-bond acceptors (Lipinski definition) is 9. The maximum Gasteiger partial charge on any atom is 0.338 e. The van der Waals surface area contributed by atoms with Crippen LogP contribution in [0.2, 0.25) is 0 Å². The Morgan fingerprint density at radius 1 is 0.550 bits per heavy atom. The van der Waals surface area contributed by atoms with E-state index in [0.717, 1.165) is 12.2 Å². The summed E-state index contributed by atoms with van der Waals surface area (Å²) >= 11 is 0. The van der Waals surface area contributed by atoms with Crippen molar-refractivity contribution in [2.24, 2.45) is 0 Å². The summed E-state index contributed by atoms with van der Waals surface area (Å²) < 4.78 is 3.97. The molecule has 0 aliphatic carbocycles. The van der Waals surface area contributed by atoms with Crippen LogP contribution in [0.25, 0.3) is 0 Å². The molecule has 1 aliphatic heterocycles. The van der Waals surface area contributed by atoms with E-state index in [-0.39, 0.29) is 21.1 Å². The minimum atomic E-state index is -0.579. The Kier molecular flexibility index (Phi) is 200. The van der Waals surface area contributed by atoms with Crippen molar-refractivity contribution in [1.29, 1.82) is 0 Å². The number of carbonyl (C=O) groups is 2. The molecule has 0 unspecified atom stereocenters. The van der Waals surface area contributed by atoms with Gasteiger partial charge in [-0.15, -0.1) is 0 Å². The molecule has 20 heavy (non-hydrogen) atoms. The van der Waals surface area contributed by atoms with Crippen LogP contribution in [0.5, 0.6) is 0 Å². The average molecular weight is 450 g/mol. The Morgan fingerprint density at radius 2 is 0.700 bits per heavy atom. The zero-order valence-corrected chi connectivity index (χ0v) is 12.2. The summed E-state index contributed by atoms with van der Waals surface area (Å²) in [7, 11) is 0. The second kappa shape index (κ2) is 92.9. The normalized spacial score (nSPS) is 7.40. The van der Waals surface area contributed by atoms with Gasteiger partial charge in [0, 0.05) is 33.2 Å². The number of hydrogen-bond donors (Lipinski definition) is 0. The molecule has 0 spiro atoms. The van der Waals surface area contributed by atoms with E-state index in [4.69, 9.17) is 28.8 Å². The molecule has 0 fully saturated rings. The molecule has 0 aromatic carbocycles. The molecule has 0 saturated heterocycles. The fraction of sp³-hybridized carbons (Fsp3) is 0. The van der Waals surface area contributed by atoms with Gasteiger partial charge in [0.15, 0.2) is 0 Å². The zero-order valence-electron chi connectivity index (χ0n) is 9.24. The zero-order chi connectivity index (χ0) is 17.3. The Balaban J connectivity index is -0.0000000227. The molecule has 1 aliphatic rings. The van der Waals surface area contributed by atoms with Crippen molar-refractivity contribution in [3.8, 4) is 0 Å². The topological polar surface area (TPSA) is 146 Å². The van der Waals surface area contributed by atoms with E-state index >= 15 is 0 Å². The molecule has 10 heteroatoms. The van der Waals surface area contributed by atoms with Gasteiger partial charge in [0.25, 0.3) is 40.7 Å². The molecule has 1 heterocycles. The number of ether oxygens (including phenoxy) is 1. The summed E-state index contributed by atoms with van der Waals surface area (Å²) in [6.07, 6.45) is 2.17. The number of rotatable bonds is 0. The first-order chi connectivity index (χ1) is 9.29. The predicted octanol–water partition coefficient (Wildman–Crippen LogP) is -2.76. The molecule has 0 aromatic rings. The van der Waals surface area contributed by atoms with Crippen molar-refractivity contribution in [3.05, 3.63) is 12.2 Å². The van der Waals surface area contributed by atoms with E-state index in [1.807, 2.05) is 0 Å². The van der Waals surface area contributed by atoms with Crippen molar-refractivity contribution in [2.45, 2.75) is 0 Å². The quantitative estimate of drug-likeness (QED) is 0.283. The summed E-state index contributed by atoms with van der Waals surface area (Å²) in [6, 6.07) is 0. The molecular weight excluding hydrogens is 448 g/mol. The molecule has 102 valence electrons. The molecule has 9 nitrogen and oxygen atoms in total. The Bertz CT molecular complexity index is 201. The van der Waals surface area contributed by atoms with Crippen LogP contribution in [0.4, 0.5) is 0 Å². The molecule has 0 bridgehead atoms. The molecule has 0 amide bonds. The van der Waals surface area contributed by atoms with E-state index in [9.17, 15) is 9.59 Å². The SMILES string of the molecule is O=C1C=CC(=O)O1.[C]=O.[C]=O.[C]=O.[C]=O.[C]=O.[C]=O.[W]. The standard InChI is InChI=1S/C4H2O3.6CO.W/c5-3-1-2-4(6)7-3;6*1-2;/h1-2H;;;;;;;. The molecule has 0 N–H and O–H groups in total. The Hall–Kier alpha value is -2.41. The van der Waals surface area contributed by atoms with Crippen LogP contribution in [0.3, 0.4) is 0 Å².